The standard InChI is InChI=1S/C24H30O2S2/c1-21-8-7-19-18-5-4-17(26-2)13-16(18)3-6-20(19)22(21)9-10-23(21,25)15-24(14-22)27-11-12-28-24/h4-5,9-10,13,19-20,25H,3,6-8,11-12,14-15H2,1-2H3/t19-,20-,21+,22+,23+/m1/s1. The summed E-state index contributed by atoms with van der Waals surface area (Å²) >= 11 is 4.27. The van der Waals surface area contributed by atoms with Crippen LogP contribution in [0.15, 0.2) is 30.4 Å². The average Bonchev–Trinajstić information content (AvgIpc) is 3.18. The third-order valence-electron chi connectivity index (χ3n) is 9.13. The molecule has 3 fully saturated rings. The number of aryl methyl sites for hydroxylation is 1. The smallest absolute Gasteiger partial charge is 0.119 e. The van der Waals surface area contributed by atoms with Gasteiger partial charge >= 0.3 is 0 Å². The molecule has 1 heterocycles. The Balaban J connectivity index is 1.46. The summed E-state index contributed by atoms with van der Waals surface area (Å²) in [6.45, 7) is 2.42. The summed E-state index contributed by atoms with van der Waals surface area (Å²) in [6, 6.07) is 6.76. The molecule has 150 valence electrons. The van der Waals surface area contributed by atoms with Crippen molar-refractivity contribution in [2.45, 2.75) is 61.0 Å². The van der Waals surface area contributed by atoms with Gasteiger partial charge in [0.2, 0.25) is 0 Å². The molecule has 5 aliphatic rings. The van der Waals surface area contributed by atoms with Gasteiger partial charge in [-0.1, -0.05) is 25.1 Å². The average molecular weight is 415 g/mol. The van der Waals surface area contributed by atoms with Gasteiger partial charge in [-0.25, -0.2) is 0 Å². The highest BCUT2D eigenvalue weighted by molar-refractivity contribution is 8.21. The summed E-state index contributed by atoms with van der Waals surface area (Å²) in [5, 5.41) is 11.9. The second kappa shape index (κ2) is 5.76. The fourth-order valence-electron chi connectivity index (χ4n) is 7.73. The summed E-state index contributed by atoms with van der Waals surface area (Å²) in [7, 11) is 1.76. The first-order chi connectivity index (χ1) is 13.4. The number of benzene rings is 1. The molecule has 1 saturated heterocycles. The molecule has 0 amide bonds. The third kappa shape index (κ3) is 2.08. The van der Waals surface area contributed by atoms with E-state index in [2.05, 4.69) is 60.8 Å². The van der Waals surface area contributed by atoms with Gasteiger partial charge in [0.1, 0.15) is 5.75 Å². The Bertz CT molecular complexity index is 860. The molecule has 4 heteroatoms. The van der Waals surface area contributed by atoms with Gasteiger partial charge < -0.3 is 9.84 Å². The van der Waals surface area contributed by atoms with Crippen molar-refractivity contribution in [2.24, 2.45) is 16.7 Å². The number of hydrogen-bond acceptors (Lipinski definition) is 4. The number of fused-ring (bicyclic) bond motifs is 3. The zero-order chi connectivity index (χ0) is 19.2. The van der Waals surface area contributed by atoms with Crippen LogP contribution in [-0.4, -0.2) is 33.4 Å². The molecule has 1 N–H and O–H groups in total. The van der Waals surface area contributed by atoms with Crippen LogP contribution < -0.4 is 4.74 Å². The first kappa shape index (κ1) is 18.2. The van der Waals surface area contributed by atoms with E-state index in [1.165, 1.54) is 36.3 Å². The van der Waals surface area contributed by atoms with Crippen LogP contribution in [0.25, 0.3) is 0 Å². The molecule has 0 unspecified atom stereocenters. The summed E-state index contributed by atoms with van der Waals surface area (Å²) in [5.74, 6) is 4.74. The number of allylic oxidation sites excluding steroid dienone is 1. The largest absolute Gasteiger partial charge is 0.497 e. The van der Waals surface area contributed by atoms with Crippen LogP contribution in [0.2, 0.25) is 0 Å². The lowest BCUT2D eigenvalue weighted by Crippen LogP contribution is -2.64. The maximum atomic E-state index is 11.9. The third-order valence-corrected chi connectivity index (χ3v) is 12.5. The topological polar surface area (TPSA) is 29.5 Å². The van der Waals surface area contributed by atoms with Crippen LogP contribution in [0, 0.1) is 16.7 Å². The first-order valence-electron chi connectivity index (χ1n) is 10.8. The van der Waals surface area contributed by atoms with Gasteiger partial charge in [0.15, 0.2) is 0 Å². The Morgan fingerprint density at radius 2 is 1.93 bits per heavy atom. The summed E-state index contributed by atoms with van der Waals surface area (Å²) in [5.41, 5.74) is 2.57. The van der Waals surface area contributed by atoms with E-state index < -0.39 is 5.60 Å². The van der Waals surface area contributed by atoms with Crippen molar-refractivity contribution < 1.29 is 9.84 Å². The molecule has 5 atom stereocenters. The van der Waals surface area contributed by atoms with E-state index in [-0.39, 0.29) is 14.9 Å². The first-order valence-corrected chi connectivity index (χ1v) is 12.8. The van der Waals surface area contributed by atoms with Gasteiger partial charge in [-0.15, -0.1) is 23.5 Å². The Morgan fingerprint density at radius 3 is 2.71 bits per heavy atom. The second-order valence-electron chi connectivity index (χ2n) is 9.95. The van der Waals surface area contributed by atoms with Crippen LogP contribution in [0.3, 0.4) is 0 Å². The van der Waals surface area contributed by atoms with Crippen molar-refractivity contribution in [1.29, 1.82) is 0 Å². The van der Waals surface area contributed by atoms with Crippen LogP contribution in [-0.2, 0) is 6.42 Å². The van der Waals surface area contributed by atoms with Gasteiger partial charge in [0.05, 0.1) is 16.8 Å². The monoisotopic (exact) mass is 414 g/mol. The number of hydrogen-bond donors (Lipinski definition) is 1. The summed E-state index contributed by atoms with van der Waals surface area (Å²) in [6.07, 6.45) is 11.7. The molecular formula is C24H30O2S2. The van der Waals surface area contributed by atoms with Crippen molar-refractivity contribution in [1.82, 2.24) is 0 Å². The van der Waals surface area contributed by atoms with E-state index in [0.717, 1.165) is 25.0 Å². The van der Waals surface area contributed by atoms with Gasteiger partial charge in [-0.3, -0.25) is 0 Å². The van der Waals surface area contributed by atoms with E-state index in [9.17, 15) is 5.11 Å². The maximum absolute atomic E-state index is 11.9. The van der Waals surface area contributed by atoms with E-state index >= 15 is 0 Å². The van der Waals surface area contributed by atoms with E-state index in [0.29, 0.717) is 11.8 Å². The molecule has 6 rings (SSSR count). The quantitative estimate of drug-likeness (QED) is 0.623. The van der Waals surface area contributed by atoms with Gasteiger partial charge in [-0.2, -0.15) is 0 Å². The molecule has 28 heavy (non-hydrogen) atoms. The molecule has 1 aromatic rings. The minimum atomic E-state index is -0.624. The molecule has 4 aliphatic carbocycles. The molecule has 2 nitrogen and oxygen atoms in total. The Hall–Kier alpha value is -0.580. The molecule has 2 saturated carbocycles. The molecular weight excluding hydrogens is 384 g/mol. The van der Waals surface area contributed by atoms with Crippen molar-refractivity contribution >= 4 is 23.5 Å². The van der Waals surface area contributed by atoms with E-state index in [4.69, 9.17) is 4.74 Å². The normalized spacial score (nSPS) is 44.8. The SMILES string of the molecule is COc1ccc2c(c1)CC[C@@H]1[C@@H]2CC[C@@]2(C)[C@]13C=C[C@]2(O)CC1(C3)SCCS1. The molecule has 1 aliphatic heterocycles. The van der Waals surface area contributed by atoms with Gasteiger partial charge in [-0.05, 0) is 67.2 Å². The van der Waals surface area contributed by atoms with Crippen molar-refractivity contribution in [3.63, 3.8) is 0 Å². The molecule has 0 aromatic heterocycles. The minimum Gasteiger partial charge on any atom is -0.497 e. The Morgan fingerprint density at radius 1 is 1.11 bits per heavy atom. The Kier molecular flexibility index (Phi) is 3.75. The lowest BCUT2D eigenvalue weighted by atomic mass is 9.42. The molecule has 1 aromatic carbocycles. The second-order valence-corrected chi connectivity index (χ2v) is 13.2. The number of aliphatic hydroxyl groups is 1. The Labute approximate surface area is 176 Å². The number of methoxy groups -OCH3 is 1. The highest BCUT2D eigenvalue weighted by atomic mass is 32.2. The minimum absolute atomic E-state index is 0.0000996. The zero-order valence-corrected chi connectivity index (χ0v) is 18.5. The summed E-state index contributed by atoms with van der Waals surface area (Å²) in [4.78, 5) is 0. The van der Waals surface area contributed by atoms with Crippen molar-refractivity contribution in [3.8, 4) is 5.75 Å². The van der Waals surface area contributed by atoms with Crippen LogP contribution in [0.5, 0.6) is 5.75 Å². The predicted octanol–water partition coefficient (Wildman–Crippen LogP) is 5.40. The number of ether oxygens (including phenoxy) is 1. The molecule has 2 bridgehead atoms. The van der Waals surface area contributed by atoms with Crippen LogP contribution >= 0.6 is 23.5 Å². The predicted molar refractivity (Wildman–Crippen MR) is 118 cm³/mol. The molecule has 1 spiro atoms. The lowest BCUT2D eigenvalue weighted by Gasteiger charge is -2.66. The van der Waals surface area contributed by atoms with Gasteiger partial charge in [0.25, 0.3) is 0 Å². The van der Waals surface area contributed by atoms with E-state index in [1.807, 2.05) is 0 Å². The van der Waals surface area contributed by atoms with Gasteiger partial charge in [0, 0.05) is 28.8 Å². The molecule has 0 radical (unpaired) electrons. The lowest BCUT2D eigenvalue weighted by molar-refractivity contribution is -0.165. The fraction of sp³-hybridized carbons (Fsp3) is 0.667. The highest BCUT2D eigenvalue weighted by Crippen LogP contribution is 2.77. The van der Waals surface area contributed by atoms with Crippen LogP contribution in [0.1, 0.15) is 56.1 Å². The maximum Gasteiger partial charge on any atom is 0.119 e. The number of thioether (sulfide) groups is 2. The van der Waals surface area contributed by atoms with E-state index in [1.54, 1.807) is 12.7 Å². The van der Waals surface area contributed by atoms with Crippen LogP contribution in [0.4, 0.5) is 0 Å². The highest BCUT2D eigenvalue weighted by Gasteiger charge is 2.73. The summed E-state index contributed by atoms with van der Waals surface area (Å²) < 4.78 is 5.71. The fourth-order valence-corrected chi connectivity index (χ4v) is 11.3. The number of rotatable bonds is 1. The van der Waals surface area contributed by atoms with Crippen molar-refractivity contribution in [3.05, 3.63) is 41.5 Å². The van der Waals surface area contributed by atoms with Crippen molar-refractivity contribution in [2.75, 3.05) is 18.6 Å². The zero-order valence-electron chi connectivity index (χ0n) is 16.9.